The molecule has 1 aromatic rings. The van der Waals surface area contributed by atoms with E-state index in [1.54, 1.807) is 18.2 Å². The molecule has 0 heterocycles. The first kappa shape index (κ1) is 19.0. The van der Waals surface area contributed by atoms with Crippen molar-refractivity contribution < 1.29 is 14.6 Å². The molecule has 0 bridgehead atoms. The smallest absolute Gasteiger partial charge is 0.255 e. The lowest BCUT2D eigenvalue weighted by Crippen LogP contribution is -2.42. The summed E-state index contributed by atoms with van der Waals surface area (Å²) in [5.74, 6) is 0.00832. The molecule has 7 heteroatoms. The van der Waals surface area contributed by atoms with Gasteiger partial charge in [0.15, 0.2) is 6.61 Å². The number of halogens is 2. The van der Waals surface area contributed by atoms with Gasteiger partial charge < -0.3 is 20.9 Å². The fourth-order valence-corrected chi connectivity index (χ4v) is 1.56. The molecule has 0 saturated heterocycles. The van der Waals surface area contributed by atoms with E-state index in [4.69, 9.17) is 22.1 Å². The molecule has 0 radical (unpaired) electrons. The molecule has 5 nitrogen and oxygen atoms in total. The molecule has 114 valence electrons. The van der Waals surface area contributed by atoms with Crippen LogP contribution in [-0.2, 0) is 11.3 Å². The number of aliphatic hydroxyl groups is 1. The Kier molecular flexibility index (Phi) is 7.90. The van der Waals surface area contributed by atoms with E-state index in [0.717, 1.165) is 5.56 Å². The van der Waals surface area contributed by atoms with Crippen LogP contribution < -0.4 is 15.8 Å². The van der Waals surface area contributed by atoms with Crippen molar-refractivity contribution in [2.45, 2.75) is 25.9 Å². The van der Waals surface area contributed by atoms with E-state index in [0.29, 0.717) is 17.3 Å². The maximum absolute atomic E-state index is 10.7. The van der Waals surface area contributed by atoms with Gasteiger partial charge >= 0.3 is 0 Å². The lowest BCUT2D eigenvalue weighted by molar-refractivity contribution is -0.119. The second kappa shape index (κ2) is 8.32. The summed E-state index contributed by atoms with van der Waals surface area (Å²) in [5.41, 5.74) is 5.43. The van der Waals surface area contributed by atoms with Crippen LogP contribution in [0, 0.1) is 0 Å². The lowest BCUT2D eigenvalue weighted by atomic mass is 10.1. The van der Waals surface area contributed by atoms with Gasteiger partial charge in [-0.25, -0.2) is 0 Å². The number of aliphatic hydroxyl groups excluding tert-OH is 1. The van der Waals surface area contributed by atoms with Crippen LogP contribution in [0.15, 0.2) is 18.2 Å². The second-order valence-corrected chi connectivity index (χ2v) is 5.34. The van der Waals surface area contributed by atoms with Gasteiger partial charge in [0.05, 0.1) is 6.61 Å². The van der Waals surface area contributed by atoms with E-state index in [9.17, 15) is 9.90 Å². The Bertz CT molecular complexity index is 453. The third-order valence-electron chi connectivity index (χ3n) is 2.55. The number of hydrogen-bond donors (Lipinski definition) is 3. The molecule has 0 aliphatic rings. The van der Waals surface area contributed by atoms with E-state index >= 15 is 0 Å². The highest BCUT2D eigenvalue weighted by molar-refractivity contribution is 6.30. The molecule has 0 aliphatic carbocycles. The molecule has 4 N–H and O–H groups in total. The van der Waals surface area contributed by atoms with Crippen LogP contribution in [0.5, 0.6) is 5.75 Å². The first-order valence-electron chi connectivity index (χ1n) is 5.89. The summed E-state index contributed by atoms with van der Waals surface area (Å²) in [6.07, 6.45) is 0. The van der Waals surface area contributed by atoms with Crippen LogP contribution >= 0.6 is 24.0 Å². The number of amides is 1. The third-order valence-corrected chi connectivity index (χ3v) is 2.78. The lowest BCUT2D eigenvalue weighted by Gasteiger charge is -2.24. The predicted molar refractivity (Wildman–Crippen MR) is 81.4 cm³/mol. The largest absolute Gasteiger partial charge is 0.483 e. The molecular weight excluding hydrogens is 303 g/mol. The number of benzene rings is 1. The van der Waals surface area contributed by atoms with Crippen LogP contribution in [0.4, 0.5) is 0 Å². The summed E-state index contributed by atoms with van der Waals surface area (Å²) in [6, 6.07) is 5.12. The number of nitrogens with one attached hydrogen (secondary N) is 1. The van der Waals surface area contributed by atoms with Gasteiger partial charge in [-0.05, 0) is 32.0 Å². The van der Waals surface area contributed by atoms with E-state index in [-0.39, 0.29) is 25.6 Å². The molecule has 1 amide bonds. The highest BCUT2D eigenvalue weighted by Gasteiger charge is 2.16. The number of nitrogens with two attached hydrogens (primary N) is 1. The van der Waals surface area contributed by atoms with Crippen LogP contribution in [0.25, 0.3) is 0 Å². The Morgan fingerprint density at radius 1 is 1.50 bits per heavy atom. The van der Waals surface area contributed by atoms with E-state index < -0.39 is 11.4 Å². The molecule has 0 spiro atoms. The average molecular weight is 323 g/mol. The minimum atomic E-state index is -0.537. The molecule has 0 atom stereocenters. The Hall–Kier alpha value is -1.01. The van der Waals surface area contributed by atoms with E-state index in [1.807, 2.05) is 13.8 Å². The zero-order chi connectivity index (χ0) is 14.5. The maximum Gasteiger partial charge on any atom is 0.255 e. The molecular formula is C13H20Cl2N2O3. The first-order chi connectivity index (χ1) is 8.84. The molecule has 0 aliphatic heterocycles. The predicted octanol–water partition coefficient (Wildman–Crippen LogP) is 1.49. The molecule has 0 unspecified atom stereocenters. The van der Waals surface area contributed by atoms with Gasteiger partial charge in [0, 0.05) is 22.7 Å². The topological polar surface area (TPSA) is 84.6 Å². The number of ether oxygens (including phenoxy) is 1. The molecule has 0 fully saturated rings. The average Bonchev–Trinajstić information content (AvgIpc) is 2.35. The summed E-state index contributed by atoms with van der Waals surface area (Å²) in [4.78, 5) is 10.7. The van der Waals surface area contributed by atoms with E-state index in [2.05, 4.69) is 5.32 Å². The van der Waals surface area contributed by atoms with Gasteiger partial charge in [0.2, 0.25) is 0 Å². The van der Waals surface area contributed by atoms with Gasteiger partial charge in [0.25, 0.3) is 5.91 Å². The quantitative estimate of drug-likeness (QED) is 0.710. The zero-order valence-corrected chi connectivity index (χ0v) is 13.1. The van der Waals surface area contributed by atoms with Crippen molar-refractivity contribution in [3.05, 3.63) is 28.8 Å². The van der Waals surface area contributed by atoms with Gasteiger partial charge in [-0.3, -0.25) is 4.79 Å². The molecule has 0 saturated carbocycles. The van der Waals surface area contributed by atoms with Gasteiger partial charge in [-0.15, -0.1) is 12.4 Å². The SMILES string of the molecule is CC(C)(CO)NCc1cc(Cl)ccc1OCC(N)=O.Cl. The highest BCUT2D eigenvalue weighted by Crippen LogP contribution is 2.23. The van der Waals surface area contributed by atoms with Crippen molar-refractivity contribution >= 4 is 29.9 Å². The van der Waals surface area contributed by atoms with Crippen LogP contribution in [-0.4, -0.2) is 29.8 Å². The van der Waals surface area contributed by atoms with Crippen molar-refractivity contribution in [1.82, 2.24) is 5.32 Å². The molecule has 1 aromatic carbocycles. The first-order valence-corrected chi connectivity index (χ1v) is 6.27. The minimum Gasteiger partial charge on any atom is -0.483 e. The Morgan fingerprint density at radius 3 is 2.70 bits per heavy atom. The highest BCUT2D eigenvalue weighted by atomic mass is 35.5. The second-order valence-electron chi connectivity index (χ2n) is 4.90. The zero-order valence-electron chi connectivity index (χ0n) is 11.5. The van der Waals surface area contributed by atoms with Crippen molar-refractivity contribution in [2.75, 3.05) is 13.2 Å². The van der Waals surface area contributed by atoms with Crippen molar-refractivity contribution in [3.8, 4) is 5.75 Å². The summed E-state index contributed by atoms with van der Waals surface area (Å²) in [7, 11) is 0. The van der Waals surface area contributed by atoms with Gasteiger partial charge in [-0.1, -0.05) is 11.6 Å². The fraction of sp³-hybridized carbons (Fsp3) is 0.462. The fourth-order valence-electron chi connectivity index (χ4n) is 1.37. The molecule has 0 aromatic heterocycles. The van der Waals surface area contributed by atoms with Crippen LogP contribution in [0.1, 0.15) is 19.4 Å². The van der Waals surface area contributed by atoms with Crippen molar-refractivity contribution in [3.63, 3.8) is 0 Å². The number of hydrogen-bond acceptors (Lipinski definition) is 4. The molecule has 20 heavy (non-hydrogen) atoms. The van der Waals surface area contributed by atoms with Gasteiger partial charge in [0.1, 0.15) is 5.75 Å². The minimum absolute atomic E-state index is 0. The standard InChI is InChI=1S/C13H19ClN2O3.ClH/c1-13(2,8-17)16-6-9-5-10(14)3-4-11(9)19-7-12(15)18;/h3-5,16-17H,6-8H2,1-2H3,(H2,15,18);1H. The molecule has 1 rings (SSSR count). The Morgan fingerprint density at radius 2 is 2.15 bits per heavy atom. The van der Waals surface area contributed by atoms with Crippen LogP contribution in [0.3, 0.4) is 0 Å². The Balaban J connectivity index is 0.00000361. The monoisotopic (exact) mass is 322 g/mol. The number of primary amides is 1. The Labute approximate surface area is 129 Å². The van der Waals surface area contributed by atoms with Crippen molar-refractivity contribution in [2.24, 2.45) is 5.73 Å². The van der Waals surface area contributed by atoms with Crippen LogP contribution in [0.2, 0.25) is 5.02 Å². The van der Waals surface area contributed by atoms with E-state index in [1.165, 1.54) is 0 Å². The normalized spacial score (nSPS) is 10.8. The third kappa shape index (κ3) is 6.43. The van der Waals surface area contributed by atoms with Crippen molar-refractivity contribution in [1.29, 1.82) is 0 Å². The number of carbonyl (C=O) groups is 1. The summed E-state index contributed by atoms with van der Waals surface area (Å²) < 4.78 is 5.32. The summed E-state index contributed by atoms with van der Waals surface area (Å²) >= 11 is 5.94. The maximum atomic E-state index is 10.7. The summed E-state index contributed by atoms with van der Waals surface area (Å²) in [5, 5.41) is 12.9. The van der Waals surface area contributed by atoms with Gasteiger partial charge in [-0.2, -0.15) is 0 Å². The number of carbonyl (C=O) groups excluding carboxylic acids is 1. The summed E-state index contributed by atoms with van der Waals surface area (Å²) in [6.45, 7) is 4.04. The number of rotatable bonds is 7.